The van der Waals surface area contributed by atoms with Crippen LogP contribution in [0.15, 0.2) is 24.3 Å². The van der Waals surface area contributed by atoms with Gasteiger partial charge >= 0.3 is 6.03 Å². The lowest BCUT2D eigenvalue weighted by atomic mass is 10.00. The molecule has 1 aromatic rings. The second-order valence-electron chi connectivity index (χ2n) is 4.66. The van der Waals surface area contributed by atoms with Gasteiger partial charge in [0.1, 0.15) is 0 Å². The van der Waals surface area contributed by atoms with Crippen molar-refractivity contribution < 1.29 is 4.79 Å². The molecule has 1 atom stereocenters. The Morgan fingerprint density at radius 2 is 2.06 bits per heavy atom. The SMILES string of the molecule is NC(=O)Nc1ccc(NCC2CCCNC2)cc1. The summed E-state index contributed by atoms with van der Waals surface area (Å²) in [5, 5.41) is 9.35. The van der Waals surface area contributed by atoms with E-state index in [0.717, 1.165) is 25.3 Å². The molecule has 2 rings (SSSR count). The molecule has 0 radical (unpaired) electrons. The molecular weight excluding hydrogens is 228 g/mol. The summed E-state index contributed by atoms with van der Waals surface area (Å²) in [6, 6.07) is 7.03. The van der Waals surface area contributed by atoms with Crippen LogP contribution in [0.5, 0.6) is 0 Å². The van der Waals surface area contributed by atoms with Crippen molar-refractivity contribution in [2.75, 3.05) is 30.3 Å². The molecule has 1 unspecified atom stereocenters. The Labute approximate surface area is 107 Å². The number of primary amides is 1. The molecule has 1 aliphatic rings. The van der Waals surface area contributed by atoms with Crippen molar-refractivity contribution in [3.05, 3.63) is 24.3 Å². The number of hydrogen-bond donors (Lipinski definition) is 4. The molecule has 1 aliphatic heterocycles. The maximum Gasteiger partial charge on any atom is 0.316 e. The first-order chi connectivity index (χ1) is 8.74. The molecule has 0 bridgehead atoms. The van der Waals surface area contributed by atoms with Gasteiger partial charge in [-0.3, -0.25) is 0 Å². The first kappa shape index (κ1) is 12.7. The average Bonchev–Trinajstić information content (AvgIpc) is 2.38. The number of urea groups is 1. The first-order valence-electron chi connectivity index (χ1n) is 6.35. The van der Waals surface area contributed by atoms with E-state index in [0.29, 0.717) is 11.6 Å². The number of benzene rings is 1. The Bertz CT molecular complexity index is 384. The van der Waals surface area contributed by atoms with E-state index in [1.807, 2.05) is 24.3 Å². The molecule has 5 nitrogen and oxygen atoms in total. The lowest BCUT2D eigenvalue weighted by molar-refractivity contribution is 0.259. The van der Waals surface area contributed by atoms with Gasteiger partial charge in [0.05, 0.1) is 0 Å². The Morgan fingerprint density at radius 1 is 1.33 bits per heavy atom. The smallest absolute Gasteiger partial charge is 0.316 e. The molecule has 0 saturated carbocycles. The zero-order valence-electron chi connectivity index (χ0n) is 10.4. The van der Waals surface area contributed by atoms with Crippen molar-refractivity contribution in [2.24, 2.45) is 11.7 Å². The summed E-state index contributed by atoms with van der Waals surface area (Å²) >= 11 is 0. The molecule has 1 heterocycles. The number of carbonyl (C=O) groups is 1. The lowest BCUT2D eigenvalue weighted by Crippen LogP contribution is -2.33. The quantitative estimate of drug-likeness (QED) is 0.653. The molecule has 5 heteroatoms. The number of anilines is 2. The van der Waals surface area contributed by atoms with Crippen LogP contribution in [-0.4, -0.2) is 25.7 Å². The highest BCUT2D eigenvalue weighted by atomic mass is 16.2. The molecule has 1 saturated heterocycles. The fourth-order valence-electron chi connectivity index (χ4n) is 2.17. The van der Waals surface area contributed by atoms with Crippen LogP contribution in [0.2, 0.25) is 0 Å². The minimum Gasteiger partial charge on any atom is -0.385 e. The summed E-state index contributed by atoms with van der Waals surface area (Å²) in [7, 11) is 0. The van der Waals surface area contributed by atoms with Crippen molar-refractivity contribution in [2.45, 2.75) is 12.8 Å². The highest BCUT2D eigenvalue weighted by Gasteiger charge is 2.12. The Hall–Kier alpha value is -1.75. The highest BCUT2D eigenvalue weighted by Crippen LogP contribution is 2.15. The van der Waals surface area contributed by atoms with E-state index in [4.69, 9.17) is 5.73 Å². The predicted molar refractivity (Wildman–Crippen MR) is 73.7 cm³/mol. The number of nitrogens with two attached hydrogens (primary N) is 1. The van der Waals surface area contributed by atoms with Crippen molar-refractivity contribution in [1.82, 2.24) is 5.32 Å². The van der Waals surface area contributed by atoms with Crippen molar-refractivity contribution >= 4 is 17.4 Å². The normalized spacial score (nSPS) is 19.2. The van der Waals surface area contributed by atoms with E-state index in [1.165, 1.54) is 12.8 Å². The Kier molecular flexibility index (Phi) is 4.41. The van der Waals surface area contributed by atoms with Crippen molar-refractivity contribution in [1.29, 1.82) is 0 Å². The zero-order valence-corrected chi connectivity index (χ0v) is 10.4. The Morgan fingerprint density at radius 3 is 2.67 bits per heavy atom. The maximum atomic E-state index is 10.7. The summed E-state index contributed by atoms with van der Waals surface area (Å²) in [6.45, 7) is 3.22. The zero-order chi connectivity index (χ0) is 12.8. The van der Waals surface area contributed by atoms with Crippen LogP contribution in [0.4, 0.5) is 16.2 Å². The molecule has 0 aromatic heterocycles. The molecule has 5 N–H and O–H groups in total. The number of nitrogens with one attached hydrogen (secondary N) is 3. The van der Waals surface area contributed by atoms with Gasteiger partial charge in [-0.1, -0.05) is 0 Å². The van der Waals surface area contributed by atoms with Crippen LogP contribution >= 0.6 is 0 Å². The van der Waals surface area contributed by atoms with Gasteiger partial charge in [-0.2, -0.15) is 0 Å². The van der Waals surface area contributed by atoms with Gasteiger partial charge in [0.2, 0.25) is 0 Å². The molecule has 0 spiro atoms. The van der Waals surface area contributed by atoms with Crippen LogP contribution in [0.1, 0.15) is 12.8 Å². The summed E-state index contributed by atoms with van der Waals surface area (Å²) < 4.78 is 0. The van der Waals surface area contributed by atoms with E-state index < -0.39 is 6.03 Å². The summed E-state index contributed by atoms with van der Waals surface area (Å²) in [5.74, 6) is 0.696. The van der Waals surface area contributed by atoms with Crippen LogP contribution in [0.25, 0.3) is 0 Å². The molecule has 0 aliphatic carbocycles. The van der Waals surface area contributed by atoms with Gasteiger partial charge < -0.3 is 21.7 Å². The third kappa shape index (κ3) is 3.92. The number of hydrogen-bond acceptors (Lipinski definition) is 3. The molecular formula is C13H20N4O. The monoisotopic (exact) mass is 248 g/mol. The standard InChI is InChI=1S/C13H20N4O/c14-13(18)17-12-5-3-11(4-6-12)16-9-10-2-1-7-15-8-10/h3-6,10,15-16H,1-2,7-9H2,(H3,14,17,18). The van der Waals surface area contributed by atoms with E-state index in [2.05, 4.69) is 16.0 Å². The molecule has 98 valence electrons. The van der Waals surface area contributed by atoms with Crippen LogP contribution < -0.4 is 21.7 Å². The van der Waals surface area contributed by atoms with Crippen LogP contribution in [0, 0.1) is 5.92 Å². The predicted octanol–water partition coefficient (Wildman–Crippen LogP) is 1.59. The van der Waals surface area contributed by atoms with Crippen molar-refractivity contribution in [3.8, 4) is 0 Å². The average molecular weight is 248 g/mol. The van der Waals surface area contributed by atoms with Gasteiger partial charge in [0.25, 0.3) is 0 Å². The first-order valence-corrected chi connectivity index (χ1v) is 6.35. The Balaban J connectivity index is 1.80. The minimum absolute atomic E-state index is 0.538. The summed E-state index contributed by atoms with van der Waals surface area (Å²) in [6.07, 6.45) is 2.54. The molecule has 2 amide bonds. The maximum absolute atomic E-state index is 10.7. The summed E-state index contributed by atoms with van der Waals surface area (Å²) in [5.41, 5.74) is 6.83. The third-order valence-corrected chi connectivity index (χ3v) is 3.15. The molecule has 1 aromatic carbocycles. The third-order valence-electron chi connectivity index (χ3n) is 3.15. The second-order valence-corrected chi connectivity index (χ2v) is 4.66. The highest BCUT2D eigenvalue weighted by molar-refractivity contribution is 5.87. The number of rotatable bonds is 4. The lowest BCUT2D eigenvalue weighted by Gasteiger charge is -2.23. The molecule has 18 heavy (non-hydrogen) atoms. The fourth-order valence-corrected chi connectivity index (χ4v) is 2.17. The number of carbonyl (C=O) groups excluding carboxylic acids is 1. The van der Waals surface area contributed by atoms with Crippen LogP contribution in [-0.2, 0) is 0 Å². The van der Waals surface area contributed by atoms with Gasteiger partial charge in [-0.15, -0.1) is 0 Å². The van der Waals surface area contributed by atoms with E-state index in [-0.39, 0.29) is 0 Å². The topological polar surface area (TPSA) is 79.2 Å². The van der Waals surface area contributed by atoms with Gasteiger partial charge in [-0.05, 0) is 56.1 Å². The summed E-state index contributed by atoms with van der Waals surface area (Å²) in [4.78, 5) is 10.7. The van der Waals surface area contributed by atoms with E-state index >= 15 is 0 Å². The minimum atomic E-state index is -0.538. The molecule has 1 fully saturated rings. The van der Waals surface area contributed by atoms with Crippen molar-refractivity contribution in [3.63, 3.8) is 0 Å². The van der Waals surface area contributed by atoms with Gasteiger partial charge in [0, 0.05) is 17.9 Å². The second kappa shape index (κ2) is 6.26. The number of piperidine rings is 1. The van der Waals surface area contributed by atoms with Gasteiger partial charge in [0.15, 0.2) is 0 Å². The van der Waals surface area contributed by atoms with E-state index in [9.17, 15) is 4.79 Å². The fraction of sp³-hybridized carbons (Fsp3) is 0.462. The van der Waals surface area contributed by atoms with Gasteiger partial charge in [-0.25, -0.2) is 4.79 Å². The largest absolute Gasteiger partial charge is 0.385 e. The van der Waals surface area contributed by atoms with Crippen LogP contribution in [0.3, 0.4) is 0 Å². The van der Waals surface area contributed by atoms with E-state index in [1.54, 1.807) is 0 Å². The number of amides is 2.